The summed E-state index contributed by atoms with van der Waals surface area (Å²) in [6, 6.07) is 1.81. The van der Waals surface area contributed by atoms with Gasteiger partial charge in [-0.2, -0.15) is 0 Å². The van der Waals surface area contributed by atoms with Gasteiger partial charge >= 0.3 is 0 Å². The van der Waals surface area contributed by atoms with Gasteiger partial charge < -0.3 is 15.5 Å². The van der Waals surface area contributed by atoms with Gasteiger partial charge in [0.05, 0.1) is 0 Å². The molecule has 1 aliphatic carbocycles. The van der Waals surface area contributed by atoms with Crippen LogP contribution in [0.3, 0.4) is 0 Å². The predicted octanol–water partition coefficient (Wildman–Crippen LogP) is 1.51. The summed E-state index contributed by atoms with van der Waals surface area (Å²) < 4.78 is 5.04. The number of hydrogen-bond donors (Lipinski definition) is 3. The van der Waals surface area contributed by atoms with Crippen LogP contribution >= 0.6 is 0 Å². The van der Waals surface area contributed by atoms with Crippen molar-refractivity contribution in [3.05, 3.63) is 11.9 Å². The molecule has 1 aliphatic rings. The molecule has 0 bridgehead atoms. The van der Waals surface area contributed by atoms with Crippen LogP contribution in [-0.2, 0) is 11.3 Å². The molecule has 0 aromatic carbocycles. The van der Waals surface area contributed by atoms with Gasteiger partial charge in [0.2, 0.25) is 0 Å². The van der Waals surface area contributed by atoms with E-state index in [1.165, 1.54) is 19.3 Å². The molecule has 1 fully saturated rings. The van der Waals surface area contributed by atoms with E-state index in [2.05, 4.69) is 27.6 Å². The topological polar surface area (TPSA) is 85.1 Å². The van der Waals surface area contributed by atoms with Crippen LogP contribution in [0.4, 0.5) is 11.6 Å². The molecule has 100 valence electrons. The number of nitrogen functional groups attached to an aromatic ring is 1. The Morgan fingerprint density at radius 2 is 2.11 bits per heavy atom. The van der Waals surface area contributed by atoms with E-state index < -0.39 is 0 Å². The number of hydrogen-bond acceptors (Lipinski definition) is 6. The first kappa shape index (κ1) is 13.0. The number of nitrogens with one attached hydrogen (secondary N) is 2. The fraction of sp³-hybridized carbons (Fsp3) is 0.667. The number of rotatable bonds is 6. The van der Waals surface area contributed by atoms with Gasteiger partial charge in [0, 0.05) is 19.7 Å². The van der Waals surface area contributed by atoms with Crippen LogP contribution in [0.1, 0.15) is 32.0 Å². The van der Waals surface area contributed by atoms with Gasteiger partial charge in [-0.25, -0.2) is 15.8 Å². The van der Waals surface area contributed by atoms with E-state index in [1.807, 2.05) is 0 Å². The molecule has 1 heterocycles. The first-order valence-corrected chi connectivity index (χ1v) is 6.23. The average Bonchev–Trinajstić information content (AvgIpc) is 2.34. The second kappa shape index (κ2) is 5.49. The lowest BCUT2D eigenvalue weighted by Gasteiger charge is -2.38. The molecule has 0 spiro atoms. The molecule has 0 aliphatic heterocycles. The van der Waals surface area contributed by atoms with Crippen LogP contribution in [0, 0.1) is 5.41 Å². The standard InChI is InChI=1S/C12H21N5O/c1-12(4-3-5-12)8-14-9-6-10(17-13)16-11(15-9)7-18-2/h6H,3-5,7-8,13H2,1-2H3,(H2,14,15,16,17). The van der Waals surface area contributed by atoms with Crippen LogP contribution in [0.25, 0.3) is 0 Å². The molecule has 0 radical (unpaired) electrons. The fourth-order valence-electron chi connectivity index (χ4n) is 2.12. The molecule has 1 aromatic rings. The second-order valence-electron chi connectivity index (χ2n) is 5.15. The van der Waals surface area contributed by atoms with E-state index in [0.29, 0.717) is 23.7 Å². The third-order valence-electron chi connectivity index (χ3n) is 3.45. The van der Waals surface area contributed by atoms with Crippen LogP contribution < -0.4 is 16.6 Å². The summed E-state index contributed by atoms with van der Waals surface area (Å²) in [5, 5.41) is 3.36. The second-order valence-corrected chi connectivity index (χ2v) is 5.15. The molecule has 2 rings (SSSR count). The van der Waals surface area contributed by atoms with E-state index >= 15 is 0 Å². The number of hydrazine groups is 1. The highest BCUT2D eigenvalue weighted by atomic mass is 16.5. The van der Waals surface area contributed by atoms with Gasteiger partial charge in [0.25, 0.3) is 0 Å². The van der Waals surface area contributed by atoms with Crippen LogP contribution in [0.2, 0.25) is 0 Å². The van der Waals surface area contributed by atoms with E-state index in [9.17, 15) is 0 Å². The lowest BCUT2D eigenvalue weighted by Crippen LogP contribution is -2.33. The molecule has 0 unspecified atom stereocenters. The van der Waals surface area contributed by atoms with Crippen LogP contribution in [0.15, 0.2) is 6.07 Å². The molecule has 18 heavy (non-hydrogen) atoms. The zero-order chi connectivity index (χ0) is 13.0. The maximum absolute atomic E-state index is 5.39. The zero-order valence-electron chi connectivity index (χ0n) is 11.0. The monoisotopic (exact) mass is 251 g/mol. The van der Waals surface area contributed by atoms with Gasteiger partial charge in [-0.3, -0.25) is 0 Å². The highest BCUT2D eigenvalue weighted by molar-refractivity contribution is 5.47. The van der Waals surface area contributed by atoms with Crippen molar-refractivity contribution in [3.63, 3.8) is 0 Å². The van der Waals surface area contributed by atoms with Gasteiger partial charge in [-0.15, -0.1) is 0 Å². The summed E-state index contributed by atoms with van der Waals surface area (Å²) in [6.45, 7) is 3.60. The molecule has 6 nitrogen and oxygen atoms in total. The smallest absolute Gasteiger partial charge is 0.158 e. The molecule has 1 aromatic heterocycles. The molecule has 0 amide bonds. The van der Waals surface area contributed by atoms with Crippen molar-refractivity contribution in [2.45, 2.75) is 32.8 Å². The molecule has 6 heteroatoms. The number of nitrogens with two attached hydrogens (primary N) is 1. The Labute approximate surface area is 107 Å². The number of aromatic nitrogens is 2. The number of methoxy groups -OCH3 is 1. The largest absolute Gasteiger partial charge is 0.377 e. The van der Waals surface area contributed by atoms with E-state index in [4.69, 9.17) is 10.6 Å². The van der Waals surface area contributed by atoms with Gasteiger partial charge in [0.1, 0.15) is 18.2 Å². The Kier molecular flexibility index (Phi) is 3.98. The van der Waals surface area contributed by atoms with Crippen molar-refractivity contribution >= 4 is 11.6 Å². The molecular weight excluding hydrogens is 230 g/mol. The fourth-order valence-corrected chi connectivity index (χ4v) is 2.12. The highest BCUT2D eigenvalue weighted by Gasteiger charge is 2.31. The predicted molar refractivity (Wildman–Crippen MR) is 71.0 cm³/mol. The minimum absolute atomic E-state index is 0.376. The molecule has 0 saturated heterocycles. The summed E-state index contributed by atoms with van der Waals surface area (Å²) >= 11 is 0. The van der Waals surface area contributed by atoms with Crippen LogP contribution in [-0.4, -0.2) is 23.6 Å². The number of anilines is 2. The van der Waals surface area contributed by atoms with Crippen molar-refractivity contribution < 1.29 is 4.74 Å². The number of nitrogens with zero attached hydrogens (tertiary/aromatic N) is 2. The average molecular weight is 251 g/mol. The SMILES string of the molecule is COCc1nc(NN)cc(NCC2(C)CCC2)n1. The Balaban J connectivity index is 2.03. The van der Waals surface area contributed by atoms with Gasteiger partial charge in [-0.1, -0.05) is 13.3 Å². The van der Waals surface area contributed by atoms with Gasteiger partial charge in [-0.05, 0) is 18.3 Å². The minimum Gasteiger partial charge on any atom is -0.377 e. The van der Waals surface area contributed by atoms with Crippen molar-refractivity contribution in [1.29, 1.82) is 0 Å². The van der Waals surface area contributed by atoms with Gasteiger partial charge in [0.15, 0.2) is 5.82 Å². The van der Waals surface area contributed by atoms with Crippen molar-refractivity contribution in [2.24, 2.45) is 11.3 Å². The summed E-state index contributed by atoms with van der Waals surface area (Å²) in [4.78, 5) is 8.60. The summed E-state index contributed by atoms with van der Waals surface area (Å²) in [5.41, 5.74) is 2.95. The van der Waals surface area contributed by atoms with Crippen LogP contribution in [0.5, 0.6) is 0 Å². The van der Waals surface area contributed by atoms with E-state index in [-0.39, 0.29) is 0 Å². The van der Waals surface area contributed by atoms with Crippen molar-refractivity contribution in [3.8, 4) is 0 Å². The normalized spacial score (nSPS) is 17.1. The third kappa shape index (κ3) is 3.08. The molecular formula is C12H21N5O. The third-order valence-corrected chi connectivity index (χ3v) is 3.45. The summed E-state index contributed by atoms with van der Waals surface area (Å²) in [5.74, 6) is 7.40. The molecule has 1 saturated carbocycles. The maximum Gasteiger partial charge on any atom is 0.158 e. The summed E-state index contributed by atoms with van der Waals surface area (Å²) in [6.07, 6.45) is 3.88. The van der Waals surface area contributed by atoms with E-state index in [1.54, 1.807) is 13.2 Å². The zero-order valence-corrected chi connectivity index (χ0v) is 11.0. The van der Waals surface area contributed by atoms with Crippen molar-refractivity contribution in [1.82, 2.24) is 9.97 Å². The quantitative estimate of drug-likeness (QED) is 0.525. The lowest BCUT2D eigenvalue weighted by molar-refractivity contribution is 0.177. The van der Waals surface area contributed by atoms with Crippen molar-refractivity contribution in [2.75, 3.05) is 24.4 Å². The molecule has 4 N–H and O–H groups in total. The highest BCUT2D eigenvalue weighted by Crippen LogP contribution is 2.40. The Morgan fingerprint density at radius 3 is 2.67 bits per heavy atom. The Morgan fingerprint density at radius 1 is 1.39 bits per heavy atom. The Bertz CT molecular complexity index is 405. The summed E-state index contributed by atoms with van der Waals surface area (Å²) in [7, 11) is 1.62. The lowest BCUT2D eigenvalue weighted by atomic mass is 9.70. The molecule has 0 atom stereocenters. The number of ether oxygens (including phenoxy) is 1. The Hall–Kier alpha value is -1.40. The first-order valence-electron chi connectivity index (χ1n) is 6.23. The first-order chi connectivity index (χ1) is 8.65. The maximum atomic E-state index is 5.39. The van der Waals surface area contributed by atoms with E-state index in [0.717, 1.165) is 12.4 Å². The minimum atomic E-state index is 0.376.